The zero-order valence-corrected chi connectivity index (χ0v) is 9.08. The highest BCUT2D eigenvalue weighted by atomic mass is 16.5. The van der Waals surface area contributed by atoms with E-state index in [1.807, 2.05) is 0 Å². The molecule has 0 amide bonds. The Labute approximate surface area is 85.6 Å². The number of carbonyl (C=O) groups excluding carboxylic acids is 1. The number of rotatable bonds is 4. The summed E-state index contributed by atoms with van der Waals surface area (Å²) >= 11 is 0. The lowest BCUT2D eigenvalue weighted by molar-refractivity contribution is -0.140. The van der Waals surface area contributed by atoms with Crippen molar-refractivity contribution in [2.45, 2.75) is 25.8 Å². The van der Waals surface area contributed by atoms with Crippen molar-refractivity contribution >= 4 is 5.97 Å². The highest BCUT2D eigenvalue weighted by Gasteiger charge is 2.14. The molecule has 0 aliphatic carbocycles. The Balaban J connectivity index is 2.08. The Morgan fingerprint density at radius 1 is 1.64 bits per heavy atom. The van der Waals surface area contributed by atoms with Crippen LogP contribution in [-0.2, 0) is 9.53 Å². The van der Waals surface area contributed by atoms with Gasteiger partial charge in [0, 0.05) is 32.1 Å². The smallest absolute Gasteiger partial charge is 0.305 e. The number of hydrogen-bond acceptors (Lipinski definition) is 4. The van der Waals surface area contributed by atoms with Crippen LogP contribution in [0, 0.1) is 0 Å². The van der Waals surface area contributed by atoms with Crippen LogP contribution in [0.25, 0.3) is 0 Å². The van der Waals surface area contributed by atoms with Crippen LogP contribution in [-0.4, -0.2) is 50.2 Å². The molecule has 1 atom stereocenters. The largest absolute Gasteiger partial charge is 0.469 e. The highest BCUT2D eigenvalue weighted by molar-refractivity contribution is 5.69. The molecule has 82 valence electrons. The molecule has 1 aliphatic rings. The number of ether oxygens (including phenoxy) is 1. The lowest BCUT2D eigenvalue weighted by Gasteiger charge is -2.31. The maximum atomic E-state index is 10.9. The molecule has 0 aromatic carbocycles. The zero-order chi connectivity index (χ0) is 10.4. The fraction of sp³-hybridized carbons (Fsp3) is 0.900. The van der Waals surface area contributed by atoms with Crippen molar-refractivity contribution in [1.82, 2.24) is 10.2 Å². The van der Waals surface area contributed by atoms with E-state index in [1.165, 1.54) is 7.11 Å². The summed E-state index contributed by atoms with van der Waals surface area (Å²) in [6, 6.07) is 0.571. The van der Waals surface area contributed by atoms with Gasteiger partial charge in [-0.1, -0.05) is 0 Å². The van der Waals surface area contributed by atoms with E-state index in [2.05, 4.69) is 21.9 Å². The average Bonchev–Trinajstić information content (AvgIpc) is 2.17. The first-order valence-corrected chi connectivity index (χ1v) is 5.25. The second kappa shape index (κ2) is 5.98. The van der Waals surface area contributed by atoms with Gasteiger partial charge in [0.05, 0.1) is 7.11 Å². The van der Waals surface area contributed by atoms with Crippen LogP contribution in [0.4, 0.5) is 0 Å². The summed E-state index contributed by atoms with van der Waals surface area (Å²) in [6.45, 7) is 6.42. The maximum Gasteiger partial charge on any atom is 0.305 e. The normalized spacial score (nSPS) is 23.4. The molecule has 1 aliphatic heterocycles. The number of esters is 1. The van der Waals surface area contributed by atoms with Gasteiger partial charge < -0.3 is 15.0 Å². The Morgan fingerprint density at radius 2 is 2.43 bits per heavy atom. The topological polar surface area (TPSA) is 41.6 Å². The number of nitrogens with zero attached hydrogens (tertiary/aromatic N) is 1. The third-order valence-electron chi connectivity index (χ3n) is 2.54. The second-order valence-electron chi connectivity index (χ2n) is 3.84. The summed E-state index contributed by atoms with van der Waals surface area (Å²) in [5.74, 6) is -0.104. The van der Waals surface area contributed by atoms with E-state index >= 15 is 0 Å². The van der Waals surface area contributed by atoms with Crippen LogP contribution in [0.3, 0.4) is 0 Å². The molecule has 1 fully saturated rings. The number of methoxy groups -OCH3 is 1. The minimum absolute atomic E-state index is 0.104. The molecule has 4 heteroatoms. The maximum absolute atomic E-state index is 10.9. The Hall–Kier alpha value is -0.610. The van der Waals surface area contributed by atoms with E-state index in [-0.39, 0.29) is 5.97 Å². The Bertz CT molecular complexity index is 185. The van der Waals surface area contributed by atoms with Crippen LogP contribution in [0.15, 0.2) is 0 Å². The molecule has 1 heterocycles. The molecule has 0 saturated carbocycles. The van der Waals surface area contributed by atoms with Crippen molar-refractivity contribution in [3.8, 4) is 0 Å². The predicted octanol–water partition coefficient (Wildman–Crippen LogP) is 0.233. The van der Waals surface area contributed by atoms with Crippen LogP contribution < -0.4 is 5.32 Å². The number of carbonyl (C=O) groups is 1. The third kappa shape index (κ3) is 4.07. The number of nitrogens with one attached hydrogen (secondary N) is 1. The molecule has 0 aromatic heterocycles. The molecule has 0 bridgehead atoms. The Kier molecular flexibility index (Phi) is 4.90. The van der Waals surface area contributed by atoms with Gasteiger partial charge in [0.2, 0.25) is 0 Å². The fourth-order valence-corrected chi connectivity index (χ4v) is 1.76. The fourth-order valence-electron chi connectivity index (χ4n) is 1.76. The number of hydrogen-bond donors (Lipinski definition) is 1. The monoisotopic (exact) mass is 200 g/mol. The van der Waals surface area contributed by atoms with E-state index in [0.29, 0.717) is 12.5 Å². The SMILES string of the molecule is COC(=O)CCCN1CCN[C@H](C)C1. The summed E-state index contributed by atoms with van der Waals surface area (Å²) in [5.41, 5.74) is 0. The molecule has 0 radical (unpaired) electrons. The van der Waals surface area contributed by atoms with Crippen molar-refractivity contribution < 1.29 is 9.53 Å². The zero-order valence-electron chi connectivity index (χ0n) is 9.08. The minimum atomic E-state index is -0.104. The van der Waals surface area contributed by atoms with Crippen molar-refractivity contribution in [2.75, 3.05) is 33.3 Å². The van der Waals surface area contributed by atoms with Gasteiger partial charge in [-0.2, -0.15) is 0 Å². The lowest BCUT2D eigenvalue weighted by Crippen LogP contribution is -2.49. The van der Waals surface area contributed by atoms with Gasteiger partial charge in [-0.25, -0.2) is 0 Å². The first kappa shape index (κ1) is 11.5. The van der Waals surface area contributed by atoms with Gasteiger partial charge in [0.1, 0.15) is 0 Å². The van der Waals surface area contributed by atoms with Gasteiger partial charge in [-0.3, -0.25) is 4.79 Å². The quantitative estimate of drug-likeness (QED) is 0.660. The minimum Gasteiger partial charge on any atom is -0.469 e. The van der Waals surface area contributed by atoms with Gasteiger partial charge >= 0.3 is 5.97 Å². The van der Waals surface area contributed by atoms with Gasteiger partial charge in [0.15, 0.2) is 0 Å². The first-order valence-electron chi connectivity index (χ1n) is 5.25. The van der Waals surface area contributed by atoms with Gasteiger partial charge in [-0.15, -0.1) is 0 Å². The summed E-state index contributed by atoms with van der Waals surface area (Å²) in [4.78, 5) is 13.3. The molecule has 0 unspecified atom stereocenters. The van der Waals surface area contributed by atoms with E-state index in [1.54, 1.807) is 0 Å². The van der Waals surface area contributed by atoms with Crippen molar-refractivity contribution in [2.24, 2.45) is 0 Å². The molecular formula is C10H20N2O2. The van der Waals surface area contributed by atoms with Crippen LogP contribution in [0.1, 0.15) is 19.8 Å². The molecule has 1 N–H and O–H groups in total. The number of piperazine rings is 1. The summed E-state index contributed by atoms with van der Waals surface area (Å²) in [7, 11) is 1.44. The highest BCUT2D eigenvalue weighted by Crippen LogP contribution is 2.01. The molecule has 0 spiro atoms. The van der Waals surface area contributed by atoms with Crippen molar-refractivity contribution in [3.63, 3.8) is 0 Å². The lowest BCUT2D eigenvalue weighted by atomic mass is 10.2. The summed E-state index contributed by atoms with van der Waals surface area (Å²) in [6.07, 6.45) is 1.44. The third-order valence-corrected chi connectivity index (χ3v) is 2.54. The molecule has 1 saturated heterocycles. The standard InChI is InChI=1S/C10H20N2O2/c1-9-8-12(7-5-11-9)6-3-4-10(13)14-2/h9,11H,3-8H2,1-2H3/t9-/m1/s1. The summed E-state index contributed by atoms with van der Waals surface area (Å²) in [5, 5.41) is 3.39. The molecular weight excluding hydrogens is 180 g/mol. The van der Waals surface area contributed by atoms with E-state index in [9.17, 15) is 4.79 Å². The first-order chi connectivity index (χ1) is 6.72. The van der Waals surface area contributed by atoms with Gasteiger partial charge in [0.25, 0.3) is 0 Å². The van der Waals surface area contributed by atoms with Gasteiger partial charge in [-0.05, 0) is 19.9 Å². The Morgan fingerprint density at radius 3 is 3.07 bits per heavy atom. The molecule has 4 nitrogen and oxygen atoms in total. The van der Waals surface area contributed by atoms with Crippen molar-refractivity contribution in [1.29, 1.82) is 0 Å². The van der Waals surface area contributed by atoms with E-state index in [4.69, 9.17) is 0 Å². The predicted molar refractivity (Wildman–Crippen MR) is 55.2 cm³/mol. The molecule has 0 aromatic rings. The van der Waals surface area contributed by atoms with Crippen LogP contribution in [0.2, 0.25) is 0 Å². The van der Waals surface area contributed by atoms with E-state index < -0.39 is 0 Å². The average molecular weight is 200 g/mol. The molecule has 1 rings (SSSR count). The molecule has 14 heavy (non-hydrogen) atoms. The van der Waals surface area contributed by atoms with E-state index in [0.717, 1.165) is 32.6 Å². The summed E-state index contributed by atoms with van der Waals surface area (Å²) < 4.78 is 4.59. The van der Waals surface area contributed by atoms with Crippen LogP contribution in [0.5, 0.6) is 0 Å². The van der Waals surface area contributed by atoms with Crippen molar-refractivity contribution in [3.05, 3.63) is 0 Å². The van der Waals surface area contributed by atoms with Crippen LogP contribution >= 0.6 is 0 Å². The second-order valence-corrected chi connectivity index (χ2v) is 3.84.